The van der Waals surface area contributed by atoms with Gasteiger partial charge in [0.1, 0.15) is 22.7 Å². The van der Waals surface area contributed by atoms with Crippen LogP contribution in [0.25, 0.3) is 0 Å². The van der Waals surface area contributed by atoms with E-state index in [-0.39, 0.29) is 16.9 Å². The van der Waals surface area contributed by atoms with Crippen LogP contribution in [0.4, 0.5) is 0 Å². The normalized spacial score (nSPS) is 12.4. The molecule has 24 heavy (non-hydrogen) atoms. The minimum atomic E-state index is -4.26. The molecule has 0 heterocycles. The molecule has 0 bridgehead atoms. The number of aliphatic carboxylic acids is 1. The topological polar surface area (TPSA) is 110 Å². The summed E-state index contributed by atoms with van der Waals surface area (Å²) in [4.78, 5) is 21.3. The Morgan fingerprint density at radius 1 is 1.17 bits per heavy atom. The van der Waals surface area contributed by atoms with Crippen molar-refractivity contribution in [1.82, 2.24) is 4.72 Å². The number of carbonyl (C=O) groups excluding carboxylic acids is 1. The lowest BCUT2D eigenvalue weighted by atomic mass is 10.2. The molecule has 0 aromatic heterocycles. The predicted molar refractivity (Wildman–Crippen MR) is 85.5 cm³/mol. The van der Waals surface area contributed by atoms with Crippen molar-refractivity contribution in [2.24, 2.45) is 0 Å². The average molecular weight is 349 g/mol. The van der Waals surface area contributed by atoms with E-state index in [1.807, 2.05) is 11.6 Å². The minimum Gasteiger partial charge on any atom is -0.480 e. The number of carboxylic acid groups (broad SMARTS) is 1. The van der Waals surface area contributed by atoms with Crippen LogP contribution in [-0.2, 0) is 19.6 Å². The van der Waals surface area contributed by atoms with E-state index in [0.29, 0.717) is 5.75 Å². The molecule has 0 spiro atoms. The van der Waals surface area contributed by atoms with Gasteiger partial charge in [0.25, 0.3) is 0 Å². The fourth-order valence-corrected chi connectivity index (χ4v) is 3.11. The summed E-state index contributed by atoms with van der Waals surface area (Å²) in [5.74, 6) is -1.15. The second-order valence-corrected chi connectivity index (χ2v) is 6.62. The van der Waals surface area contributed by atoms with E-state index in [2.05, 4.69) is 0 Å². The molecule has 0 aliphatic rings. The van der Waals surface area contributed by atoms with Crippen molar-refractivity contribution in [1.29, 1.82) is 0 Å². The number of aldehydes is 1. The van der Waals surface area contributed by atoms with Gasteiger partial charge in [0, 0.05) is 0 Å². The van der Waals surface area contributed by atoms with Crippen molar-refractivity contribution in [2.45, 2.75) is 17.9 Å². The summed E-state index contributed by atoms with van der Waals surface area (Å²) in [6.07, 6.45) is 0.00330. The van der Waals surface area contributed by atoms with Crippen LogP contribution in [0.5, 0.6) is 11.5 Å². The van der Waals surface area contributed by atoms with E-state index < -0.39 is 22.0 Å². The molecule has 1 atom stereocenters. The molecule has 0 saturated carbocycles. The lowest BCUT2D eigenvalue weighted by molar-refractivity contribution is -0.140. The first-order chi connectivity index (χ1) is 11.3. The Bertz CT molecular complexity index is 845. The van der Waals surface area contributed by atoms with Crippen LogP contribution in [0, 0.1) is 6.92 Å². The third-order valence-corrected chi connectivity index (χ3v) is 4.55. The molecule has 0 saturated heterocycles. The first-order valence-corrected chi connectivity index (χ1v) is 8.36. The number of carboxylic acids is 1. The van der Waals surface area contributed by atoms with Crippen molar-refractivity contribution in [2.75, 3.05) is 0 Å². The van der Waals surface area contributed by atoms with Crippen LogP contribution < -0.4 is 9.46 Å². The van der Waals surface area contributed by atoms with E-state index in [0.717, 1.165) is 5.56 Å². The van der Waals surface area contributed by atoms with Crippen LogP contribution in [0.2, 0.25) is 0 Å². The average Bonchev–Trinajstić information content (AvgIpc) is 2.55. The lowest BCUT2D eigenvalue weighted by Crippen LogP contribution is -2.41. The number of sulfonamides is 1. The van der Waals surface area contributed by atoms with Gasteiger partial charge in [-0.3, -0.25) is 4.79 Å². The van der Waals surface area contributed by atoms with Crippen LogP contribution >= 0.6 is 0 Å². The largest absolute Gasteiger partial charge is 0.480 e. The maximum absolute atomic E-state index is 12.4. The number of hydrogen-bond acceptors (Lipinski definition) is 5. The van der Waals surface area contributed by atoms with E-state index in [1.165, 1.54) is 18.2 Å². The van der Waals surface area contributed by atoms with Gasteiger partial charge >= 0.3 is 5.97 Å². The summed E-state index contributed by atoms with van der Waals surface area (Å²) in [6, 6.07) is 10.8. The number of carbonyl (C=O) groups is 2. The number of hydrogen-bond donors (Lipinski definition) is 2. The highest BCUT2D eigenvalue weighted by Gasteiger charge is 2.27. The van der Waals surface area contributed by atoms with Crippen LogP contribution in [0.3, 0.4) is 0 Å². The van der Waals surface area contributed by atoms with E-state index >= 15 is 0 Å². The number of rotatable bonds is 7. The molecule has 0 fully saturated rings. The summed E-state index contributed by atoms with van der Waals surface area (Å²) in [5.41, 5.74) is 1.01. The number of benzene rings is 2. The molecular weight excluding hydrogens is 334 g/mol. The monoisotopic (exact) mass is 349 g/mol. The molecule has 2 aromatic rings. The highest BCUT2D eigenvalue weighted by atomic mass is 32.2. The third kappa shape index (κ3) is 4.18. The molecule has 0 aliphatic carbocycles. The van der Waals surface area contributed by atoms with Crippen molar-refractivity contribution in [3.05, 3.63) is 54.1 Å². The summed E-state index contributed by atoms with van der Waals surface area (Å²) in [7, 11) is -4.26. The highest BCUT2D eigenvalue weighted by Crippen LogP contribution is 2.28. The Balaban J connectivity index is 2.35. The maximum Gasteiger partial charge on any atom is 0.329 e. The van der Waals surface area contributed by atoms with Crippen molar-refractivity contribution < 1.29 is 27.9 Å². The standard InChI is InChI=1S/C16H15NO6S/c1-11-6-8-12(9-7-11)23-14-4-2-3-5-15(14)24(21,22)17-13(10-18)16(19)20/h2-10,13,17H,1H3,(H,19,20)/t13-/m1/s1. The second kappa shape index (κ2) is 7.24. The second-order valence-electron chi connectivity index (χ2n) is 4.94. The molecule has 8 heteroatoms. The molecule has 0 unspecified atom stereocenters. The number of para-hydroxylation sites is 1. The molecule has 2 rings (SSSR count). The molecule has 0 amide bonds. The number of ether oxygens (including phenoxy) is 1. The van der Waals surface area contributed by atoms with Crippen LogP contribution in [-0.4, -0.2) is 31.8 Å². The van der Waals surface area contributed by atoms with Crippen molar-refractivity contribution in [3.8, 4) is 11.5 Å². The van der Waals surface area contributed by atoms with Crippen molar-refractivity contribution >= 4 is 22.3 Å². The van der Waals surface area contributed by atoms with E-state index in [1.54, 1.807) is 30.3 Å². The van der Waals surface area contributed by atoms with Gasteiger partial charge < -0.3 is 14.6 Å². The molecule has 126 valence electrons. The quantitative estimate of drug-likeness (QED) is 0.582. The zero-order valence-electron chi connectivity index (χ0n) is 12.7. The smallest absolute Gasteiger partial charge is 0.329 e. The highest BCUT2D eigenvalue weighted by molar-refractivity contribution is 7.89. The Hall–Kier alpha value is -2.71. The fourth-order valence-electron chi connectivity index (χ4n) is 1.86. The summed E-state index contributed by atoms with van der Waals surface area (Å²) < 4.78 is 32.1. The maximum atomic E-state index is 12.4. The first kappa shape index (κ1) is 17.6. The zero-order valence-corrected chi connectivity index (χ0v) is 13.5. The van der Waals surface area contributed by atoms with Gasteiger partial charge in [-0.1, -0.05) is 29.8 Å². The van der Waals surface area contributed by atoms with Gasteiger partial charge in [-0.2, -0.15) is 4.72 Å². The first-order valence-electron chi connectivity index (χ1n) is 6.87. The number of nitrogens with one attached hydrogen (secondary N) is 1. The van der Waals surface area contributed by atoms with Gasteiger partial charge in [-0.15, -0.1) is 0 Å². The predicted octanol–water partition coefficient (Wildman–Crippen LogP) is 1.72. The molecule has 0 aliphatic heterocycles. The SMILES string of the molecule is Cc1ccc(Oc2ccccc2S(=O)(=O)N[C@H](C=O)C(=O)O)cc1. The molecule has 7 nitrogen and oxygen atoms in total. The van der Waals surface area contributed by atoms with E-state index in [9.17, 15) is 18.0 Å². The molecule has 0 radical (unpaired) electrons. The van der Waals surface area contributed by atoms with Crippen molar-refractivity contribution in [3.63, 3.8) is 0 Å². The third-order valence-electron chi connectivity index (χ3n) is 3.07. The summed E-state index contributed by atoms with van der Waals surface area (Å²) in [5, 5.41) is 8.82. The molecule has 2 N–H and O–H groups in total. The van der Waals surface area contributed by atoms with Crippen LogP contribution in [0.15, 0.2) is 53.4 Å². The molecule has 2 aromatic carbocycles. The van der Waals surface area contributed by atoms with Gasteiger partial charge in [0.15, 0.2) is 6.04 Å². The fraction of sp³-hybridized carbons (Fsp3) is 0.125. The molecular formula is C16H15NO6S. The van der Waals surface area contributed by atoms with E-state index in [4.69, 9.17) is 9.84 Å². The Kier molecular flexibility index (Phi) is 5.32. The lowest BCUT2D eigenvalue weighted by Gasteiger charge is -2.14. The Morgan fingerprint density at radius 3 is 2.38 bits per heavy atom. The number of aryl methyl sites for hydroxylation is 1. The van der Waals surface area contributed by atoms with Gasteiger partial charge in [0.2, 0.25) is 10.0 Å². The minimum absolute atomic E-state index is 0.00330. The Labute approximate surface area is 138 Å². The zero-order chi connectivity index (χ0) is 17.7. The van der Waals surface area contributed by atoms with Crippen LogP contribution in [0.1, 0.15) is 5.56 Å². The van der Waals surface area contributed by atoms with Gasteiger partial charge in [0.05, 0.1) is 0 Å². The van der Waals surface area contributed by atoms with Gasteiger partial charge in [-0.25, -0.2) is 8.42 Å². The summed E-state index contributed by atoms with van der Waals surface area (Å²) in [6.45, 7) is 1.90. The Morgan fingerprint density at radius 2 is 1.79 bits per heavy atom. The summed E-state index contributed by atoms with van der Waals surface area (Å²) >= 11 is 0. The van der Waals surface area contributed by atoms with Gasteiger partial charge in [-0.05, 0) is 31.2 Å².